The van der Waals surface area contributed by atoms with E-state index >= 15 is 0 Å². The van der Waals surface area contributed by atoms with Crippen molar-refractivity contribution in [1.29, 1.82) is 0 Å². The van der Waals surface area contributed by atoms with Gasteiger partial charge in [0.2, 0.25) is 0 Å². The first-order chi connectivity index (χ1) is 13.7. The highest BCUT2D eigenvalue weighted by Crippen LogP contribution is 2.34. The Morgan fingerprint density at radius 2 is 0.862 bits per heavy atom. The first kappa shape index (κ1) is 20.8. The van der Waals surface area contributed by atoms with E-state index in [4.69, 9.17) is 0 Å². The molecular formula is C26H30O3. The molecule has 0 fully saturated rings. The van der Waals surface area contributed by atoms with Crippen molar-refractivity contribution in [3.63, 3.8) is 0 Å². The topological polar surface area (TPSA) is 60.7 Å². The standard InChI is InChI=1S/C26H30O3/c1-6-19-8-16(3)10-21(25(19)28)14-23-12-17(4)11-22(26(23)29)13-20-9-15(2)7-18(5)24(20)27/h7-12,27-29H,6,13-14H2,1-5H3. The predicted octanol–water partition coefficient (Wildman–Crippen LogP) is 5.78. The van der Waals surface area contributed by atoms with Gasteiger partial charge in [0, 0.05) is 12.8 Å². The summed E-state index contributed by atoms with van der Waals surface area (Å²) in [6, 6.07) is 11.8. The molecule has 29 heavy (non-hydrogen) atoms. The maximum atomic E-state index is 11.0. The van der Waals surface area contributed by atoms with Crippen LogP contribution in [0.25, 0.3) is 0 Å². The summed E-state index contributed by atoms with van der Waals surface area (Å²) in [4.78, 5) is 0. The summed E-state index contributed by atoms with van der Waals surface area (Å²) in [7, 11) is 0. The number of rotatable bonds is 5. The van der Waals surface area contributed by atoms with Crippen LogP contribution in [0.5, 0.6) is 17.2 Å². The molecule has 0 bridgehead atoms. The Labute approximate surface area is 173 Å². The molecule has 0 saturated carbocycles. The van der Waals surface area contributed by atoms with Gasteiger partial charge in [-0.25, -0.2) is 0 Å². The van der Waals surface area contributed by atoms with Crippen LogP contribution in [0.15, 0.2) is 36.4 Å². The third-order valence-electron chi connectivity index (χ3n) is 5.49. The van der Waals surface area contributed by atoms with E-state index in [0.717, 1.165) is 56.5 Å². The molecule has 0 aromatic heterocycles. The van der Waals surface area contributed by atoms with Gasteiger partial charge in [-0.2, -0.15) is 0 Å². The third kappa shape index (κ3) is 4.40. The molecule has 0 aliphatic rings. The zero-order valence-electron chi connectivity index (χ0n) is 17.9. The van der Waals surface area contributed by atoms with Gasteiger partial charge in [-0.3, -0.25) is 0 Å². The normalized spacial score (nSPS) is 11.1. The second-order valence-corrected chi connectivity index (χ2v) is 8.16. The number of hydrogen-bond acceptors (Lipinski definition) is 3. The van der Waals surface area contributed by atoms with Crippen LogP contribution in [0.4, 0.5) is 0 Å². The van der Waals surface area contributed by atoms with E-state index in [9.17, 15) is 15.3 Å². The van der Waals surface area contributed by atoms with E-state index in [2.05, 4.69) is 0 Å². The Hall–Kier alpha value is -2.94. The van der Waals surface area contributed by atoms with E-state index in [1.54, 1.807) is 0 Å². The van der Waals surface area contributed by atoms with Crippen LogP contribution < -0.4 is 0 Å². The fraction of sp³-hybridized carbons (Fsp3) is 0.308. The number of aryl methyl sites for hydroxylation is 5. The van der Waals surface area contributed by atoms with Gasteiger partial charge in [0.1, 0.15) is 17.2 Å². The first-order valence-corrected chi connectivity index (χ1v) is 10.1. The lowest BCUT2D eigenvalue weighted by Crippen LogP contribution is -1.99. The molecule has 152 valence electrons. The lowest BCUT2D eigenvalue weighted by atomic mass is 9.92. The number of hydrogen-bond donors (Lipinski definition) is 3. The summed E-state index contributed by atoms with van der Waals surface area (Å²) >= 11 is 0. The lowest BCUT2D eigenvalue weighted by molar-refractivity contribution is 0.454. The Morgan fingerprint density at radius 1 is 0.517 bits per heavy atom. The fourth-order valence-corrected chi connectivity index (χ4v) is 4.14. The number of phenolic OH excluding ortho intramolecular Hbond substituents is 3. The minimum absolute atomic E-state index is 0.230. The van der Waals surface area contributed by atoms with Gasteiger partial charge in [-0.05, 0) is 67.5 Å². The molecule has 3 aromatic carbocycles. The zero-order chi connectivity index (χ0) is 21.3. The quantitative estimate of drug-likeness (QED) is 0.517. The van der Waals surface area contributed by atoms with Crippen molar-refractivity contribution in [2.45, 2.75) is 53.9 Å². The summed E-state index contributed by atoms with van der Waals surface area (Å²) in [5.41, 5.74) is 8.18. The summed E-state index contributed by atoms with van der Waals surface area (Å²) in [6.45, 7) is 9.94. The Kier molecular flexibility index (Phi) is 5.88. The number of benzene rings is 3. The molecule has 0 aliphatic heterocycles. The van der Waals surface area contributed by atoms with E-state index in [0.29, 0.717) is 18.6 Å². The molecule has 0 radical (unpaired) electrons. The second kappa shape index (κ2) is 8.20. The van der Waals surface area contributed by atoms with Crippen LogP contribution in [0.2, 0.25) is 0 Å². The Morgan fingerprint density at radius 3 is 1.31 bits per heavy atom. The molecule has 0 saturated heterocycles. The van der Waals surface area contributed by atoms with Gasteiger partial charge in [-0.15, -0.1) is 0 Å². The number of aromatic hydroxyl groups is 3. The van der Waals surface area contributed by atoms with Crippen LogP contribution in [0.3, 0.4) is 0 Å². The molecule has 3 nitrogen and oxygen atoms in total. The van der Waals surface area contributed by atoms with Gasteiger partial charge < -0.3 is 15.3 Å². The van der Waals surface area contributed by atoms with E-state index in [1.807, 2.05) is 71.0 Å². The molecule has 0 amide bonds. The largest absolute Gasteiger partial charge is 0.507 e. The van der Waals surface area contributed by atoms with Crippen molar-refractivity contribution < 1.29 is 15.3 Å². The molecule has 0 unspecified atom stereocenters. The molecular weight excluding hydrogens is 360 g/mol. The van der Waals surface area contributed by atoms with Crippen LogP contribution in [-0.2, 0) is 19.3 Å². The van der Waals surface area contributed by atoms with Crippen molar-refractivity contribution in [1.82, 2.24) is 0 Å². The van der Waals surface area contributed by atoms with Crippen LogP contribution in [0.1, 0.15) is 57.0 Å². The Bertz CT molecular complexity index is 1060. The molecule has 3 heteroatoms. The summed E-state index contributed by atoms with van der Waals surface area (Å²) in [5.74, 6) is 0.822. The first-order valence-electron chi connectivity index (χ1n) is 10.1. The highest BCUT2D eigenvalue weighted by molar-refractivity contribution is 5.53. The second-order valence-electron chi connectivity index (χ2n) is 8.16. The minimum atomic E-state index is 0.230. The van der Waals surface area contributed by atoms with Crippen LogP contribution in [0, 0.1) is 27.7 Å². The smallest absolute Gasteiger partial charge is 0.122 e. The predicted molar refractivity (Wildman–Crippen MR) is 118 cm³/mol. The van der Waals surface area contributed by atoms with E-state index < -0.39 is 0 Å². The third-order valence-corrected chi connectivity index (χ3v) is 5.49. The van der Waals surface area contributed by atoms with Gasteiger partial charge in [0.15, 0.2) is 0 Å². The van der Waals surface area contributed by atoms with E-state index in [1.165, 1.54) is 0 Å². The van der Waals surface area contributed by atoms with Crippen molar-refractivity contribution >= 4 is 0 Å². The van der Waals surface area contributed by atoms with Crippen molar-refractivity contribution in [2.24, 2.45) is 0 Å². The molecule has 0 spiro atoms. The highest BCUT2D eigenvalue weighted by atomic mass is 16.3. The number of phenols is 3. The summed E-state index contributed by atoms with van der Waals surface area (Å²) in [5, 5.41) is 32.1. The van der Waals surface area contributed by atoms with Gasteiger partial charge in [0.05, 0.1) is 0 Å². The maximum absolute atomic E-state index is 11.0. The van der Waals surface area contributed by atoms with E-state index in [-0.39, 0.29) is 11.5 Å². The van der Waals surface area contributed by atoms with Crippen molar-refractivity contribution in [3.05, 3.63) is 86.5 Å². The summed E-state index contributed by atoms with van der Waals surface area (Å²) < 4.78 is 0. The van der Waals surface area contributed by atoms with Gasteiger partial charge >= 0.3 is 0 Å². The molecule has 3 N–H and O–H groups in total. The maximum Gasteiger partial charge on any atom is 0.122 e. The molecule has 3 rings (SSSR count). The van der Waals surface area contributed by atoms with Gasteiger partial charge in [0.25, 0.3) is 0 Å². The molecule has 3 aromatic rings. The van der Waals surface area contributed by atoms with Crippen LogP contribution in [-0.4, -0.2) is 15.3 Å². The Balaban J connectivity index is 2.02. The summed E-state index contributed by atoms with van der Waals surface area (Å²) in [6.07, 6.45) is 1.67. The minimum Gasteiger partial charge on any atom is -0.507 e. The van der Waals surface area contributed by atoms with Crippen molar-refractivity contribution in [2.75, 3.05) is 0 Å². The average Bonchev–Trinajstić information content (AvgIpc) is 2.65. The zero-order valence-corrected chi connectivity index (χ0v) is 17.9. The SMILES string of the molecule is CCc1cc(C)cc(Cc2cc(C)cc(Cc3cc(C)cc(C)c3O)c2O)c1O. The molecule has 0 aliphatic carbocycles. The monoisotopic (exact) mass is 390 g/mol. The molecule has 0 heterocycles. The highest BCUT2D eigenvalue weighted by Gasteiger charge is 2.16. The van der Waals surface area contributed by atoms with Crippen LogP contribution >= 0.6 is 0 Å². The van der Waals surface area contributed by atoms with Gasteiger partial charge in [-0.1, -0.05) is 60.0 Å². The fourth-order valence-electron chi connectivity index (χ4n) is 4.14. The molecule has 0 atom stereocenters. The lowest BCUT2D eigenvalue weighted by Gasteiger charge is -2.16. The average molecular weight is 391 g/mol. The van der Waals surface area contributed by atoms with Crippen molar-refractivity contribution in [3.8, 4) is 17.2 Å².